The molecule has 1 aromatic carbocycles. The van der Waals surface area contributed by atoms with E-state index in [1.165, 1.54) is 27.3 Å². The molecule has 1 aliphatic heterocycles. The Morgan fingerprint density at radius 3 is 2.81 bits per heavy atom. The zero-order valence-electron chi connectivity index (χ0n) is 16.8. The molecule has 1 saturated heterocycles. The number of aryl methyl sites for hydroxylation is 1. The fourth-order valence-electron chi connectivity index (χ4n) is 3.95. The van der Waals surface area contributed by atoms with Crippen molar-refractivity contribution in [1.29, 1.82) is 5.26 Å². The molecule has 9 nitrogen and oxygen atoms in total. The highest BCUT2D eigenvalue weighted by Gasteiger charge is 2.37. The first kappa shape index (κ1) is 20.0. The average Bonchev–Trinajstić information content (AvgIpc) is 3.08. The molecule has 4 aromatic rings. The van der Waals surface area contributed by atoms with Gasteiger partial charge in [-0.3, -0.25) is 9.36 Å². The maximum Gasteiger partial charge on any atom is 0.284 e. The van der Waals surface area contributed by atoms with Crippen LogP contribution < -0.4 is 16.2 Å². The molecular weight excluding hydrogens is 435 g/mol. The van der Waals surface area contributed by atoms with Crippen LogP contribution in [-0.2, 0) is 0 Å². The number of fused-ring (bicyclic) bond motifs is 1. The van der Waals surface area contributed by atoms with Crippen LogP contribution in [0, 0.1) is 24.1 Å². The predicted octanol–water partition coefficient (Wildman–Crippen LogP) is 2.78. The maximum absolute atomic E-state index is 14.0. The molecule has 2 N–H and O–H groups in total. The first-order valence-corrected chi connectivity index (χ1v) is 10.1. The van der Waals surface area contributed by atoms with Gasteiger partial charge >= 0.3 is 0 Å². The molecule has 1 unspecified atom stereocenters. The Hall–Kier alpha value is -3.97. The van der Waals surface area contributed by atoms with Gasteiger partial charge in [-0.2, -0.15) is 15.3 Å². The number of halogens is 2. The number of nitrogens with zero attached hydrogens (tertiary/aromatic N) is 7. The van der Waals surface area contributed by atoms with Crippen molar-refractivity contribution in [2.45, 2.75) is 19.4 Å². The van der Waals surface area contributed by atoms with Crippen molar-refractivity contribution in [2.75, 3.05) is 17.2 Å². The molecule has 0 amide bonds. The summed E-state index contributed by atoms with van der Waals surface area (Å²) in [5, 5.41) is 14.5. The van der Waals surface area contributed by atoms with Crippen molar-refractivity contribution in [3.05, 3.63) is 74.8 Å². The molecule has 0 aliphatic carbocycles. The van der Waals surface area contributed by atoms with Gasteiger partial charge in [-0.1, -0.05) is 17.7 Å². The zero-order chi connectivity index (χ0) is 22.6. The third kappa shape index (κ3) is 2.98. The van der Waals surface area contributed by atoms with Crippen LogP contribution in [0.25, 0.3) is 11.2 Å². The Bertz CT molecular complexity index is 1490. The topological polar surface area (TPSA) is 118 Å². The van der Waals surface area contributed by atoms with E-state index in [2.05, 4.69) is 21.1 Å². The summed E-state index contributed by atoms with van der Waals surface area (Å²) in [7, 11) is 0. The van der Waals surface area contributed by atoms with E-state index in [0.29, 0.717) is 41.6 Å². The molecule has 5 rings (SSSR count). The molecule has 3 aromatic heterocycles. The van der Waals surface area contributed by atoms with Crippen LogP contribution in [0.5, 0.6) is 0 Å². The lowest BCUT2D eigenvalue weighted by molar-refractivity contribution is 0.422. The van der Waals surface area contributed by atoms with Crippen LogP contribution in [0.1, 0.15) is 29.5 Å². The normalized spacial score (nSPS) is 15.6. The van der Waals surface area contributed by atoms with E-state index in [0.717, 1.165) is 0 Å². The Morgan fingerprint density at radius 1 is 1.31 bits per heavy atom. The van der Waals surface area contributed by atoms with Gasteiger partial charge in [-0.05, 0) is 37.6 Å². The van der Waals surface area contributed by atoms with Crippen molar-refractivity contribution in [3.8, 4) is 11.8 Å². The molecule has 4 heterocycles. The summed E-state index contributed by atoms with van der Waals surface area (Å²) in [6.45, 7) is 2.25. The molecule has 1 fully saturated rings. The Morgan fingerprint density at radius 2 is 2.12 bits per heavy atom. The number of nitrogens with two attached hydrogens (primary N) is 1. The standard InChI is InChI=1S/C21H16ClFN8O/c1-11-14(10-24)18(27-21(25)26-11)29-7-6-16(29)19-28-30-8-5-15(22)17(30)20(32)31(19)13-4-2-3-12(23)9-13/h2-5,8-9,16H,6-7H2,1H3,(H2,25,26,27). The maximum atomic E-state index is 14.0. The first-order chi connectivity index (χ1) is 15.4. The van der Waals surface area contributed by atoms with Gasteiger partial charge in [-0.25, -0.2) is 13.9 Å². The lowest BCUT2D eigenvalue weighted by Crippen LogP contribution is -2.45. The molecule has 1 atom stereocenters. The highest BCUT2D eigenvalue weighted by Crippen LogP contribution is 2.38. The summed E-state index contributed by atoms with van der Waals surface area (Å²) in [5.74, 6) is 0.299. The highest BCUT2D eigenvalue weighted by molar-refractivity contribution is 6.33. The minimum absolute atomic E-state index is 0.0465. The number of anilines is 2. The van der Waals surface area contributed by atoms with Crippen LogP contribution in [0.3, 0.4) is 0 Å². The van der Waals surface area contributed by atoms with Crippen LogP contribution in [0.4, 0.5) is 16.2 Å². The Kier molecular flexibility index (Phi) is 4.56. The molecule has 0 radical (unpaired) electrons. The molecule has 32 heavy (non-hydrogen) atoms. The van der Waals surface area contributed by atoms with Gasteiger partial charge in [0.1, 0.15) is 23.0 Å². The van der Waals surface area contributed by atoms with E-state index in [-0.39, 0.29) is 16.5 Å². The molecule has 160 valence electrons. The molecule has 1 aliphatic rings. The minimum Gasteiger partial charge on any atom is -0.368 e. The minimum atomic E-state index is -0.488. The number of nitrogen functional groups attached to an aromatic ring is 1. The van der Waals surface area contributed by atoms with E-state index in [4.69, 9.17) is 17.3 Å². The number of nitriles is 1. The molecule has 11 heteroatoms. The van der Waals surface area contributed by atoms with Crippen LogP contribution in [-0.4, -0.2) is 30.7 Å². The summed E-state index contributed by atoms with van der Waals surface area (Å²) in [6, 6.07) is 9.00. The Balaban J connectivity index is 1.74. The molecule has 0 saturated carbocycles. The monoisotopic (exact) mass is 450 g/mol. The summed E-state index contributed by atoms with van der Waals surface area (Å²) in [6.07, 6.45) is 2.23. The number of hydrogen-bond acceptors (Lipinski definition) is 7. The second-order valence-corrected chi connectivity index (χ2v) is 7.82. The van der Waals surface area contributed by atoms with Gasteiger partial charge in [0.05, 0.1) is 22.4 Å². The van der Waals surface area contributed by atoms with Gasteiger partial charge in [0.2, 0.25) is 5.95 Å². The summed E-state index contributed by atoms with van der Waals surface area (Å²) >= 11 is 6.22. The molecule has 0 bridgehead atoms. The van der Waals surface area contributed by atoms with Gasteiger partial charge in [0, 0.05) is 12.7 Å². The number of benzene rings is 1. The summed E-state index contributed by atoms with van der Waals surface area (Å²) in [4.78, 5) is 23.6. The van der Waals surface area contributed by atoms with E-state index in [9.17, 15) is 14.4 Å². The number of aromatic nitrogens is 5. The lowest BCUT2D eigenvalue weighted by atomic mass is 10.0. The lowest BCUT2D eigenvalue weighted by Gasteiger charge is -2.42. The van der Waals surface area contributed by atoms with Crippen LogP contribution >= 0.6 is 11.6 Å². The van der Waals surface area contributed by atoms with Crippen LogP contribution in [0.2, 0.25) is 5.02 Å². The van der Waals surface area contributed by atoms with Crippen molar-refractivity contribution in [2.24, 2.45) is 0 Å². The van der Waals surface area contributed by atoms with Gasteiger partial charge < -0.3 is 10.6 Å². The second kappa shape index (κ2) is 7.32. The summed E-state index contributed by atoms with van der Waals surface area (Å²) < 4.78 is 16.8. The first-order valence-electron chi connectivity index (χ1n) is 9.75. The number of hydrogen-bond donors (Lipinski definition) is 1. The third-order valence-corrected chi connectivity index (χ3v) is 5.82. The SMILES string of the molecule is Cc1nc(N)nc(N2CCC2c2nn3ccc(Cl)c3c(=O)n2-c2cccc(F)c2)c1C#N. The predicted molar refractivity (Wildman–Crippen MR) is 116 cm³/mol. The summed E-state index contributed by atoms with van der Waals surface area (Å²) in [5.41, 5.74) is 6.67. The largest absolute Gasteiger partial charge is 0.368 e. The quantitative estimate of drug-likeness (QED) is 0.509. The fraction of sp³-hybridized carbons (Fsp3) is 0.190. The van der Waals surface area contributed by atoms with Crippen molar-refractivity contribution in [3.63, 3.8) is 0 Å². The second-order valence-electron chi connectivity index (χ2n) is 7.41. The van der Waals surface area contributed by atoms with Crippen molar-refractivity contribution >= 4 is 28.9 Å². The molecular formula is C21H16ClFN8O. The zero-order valence-corrected chi connectivity index (χ0v) is 17.6. The van der Waals surface area contributed by atoms with E-state index in [1.54, 1.807) is 25.3 Å². The van der Waals surface area contributed by atoms with Gasteiger partial charge in [0.15, 0.2) is 11.6 Å². The van der Waals surface area contributed by atoms with E-state index >= 15 is 0 Å². The molecule has 0 spiro atoms. The van der Waals surface area contributed by atoms with Gasteiger partial charge in [0.25, 0.3) is 5.56 Å². The van der Waals surface area contributed by atoms with Crippen LogP contribution in [0.15, 0.2) is 41.3 Å². The van der Waals surface area contributed by atoms with Crippen molar-refractivity contribution < 1.29 is 4.39 Å². The third-order valence-electron chi connectivity index (χ3n) is 5.52. The fourth-order valence-corrected chi connectivity index (χ4v) is 4.18. The van der Waals surface area contributed by atoms with Gasteiger partial charge in [-0.15, -0.1) is 0 Å². The Labute approximate surface area is 186 Å². The smallest absolute Gasteiger partial charge is 0.284 e. The average molecular weight is 451 g/mol. The number of rotatable bonds is 3. The van der Waals surface area contributed by atoms with Crippen molar-refractivity contribution in [1.82, 2.24) is 24.1 Å². The van der Waals surface area contributed by atoms with E-state index < -0.39 is 17.4 Å². The van der Waals surface area contributed by atoms with E-state index in [1.807, 2.05) is 4.90 Å². The highest BCUT2D eigenvalue weighted by atomic mass is 35.5.